The van der Waals surface area contributed by atoms with Crippen LogP contribution in [0.3, 0.4) is 0 Å². The van der Waals surface area contributed by atoms with Crippen molar-refractivity contribution in [2.75, 3.05) is 18.1 Å². The molecule has 1 aliphatic heterocycles. The number of nitrogens with two attached hydrogens (primary N) is 1. The maximum absolute atomic E-state index is 13.6. The van der Waals surface area contributed by atoms with Crippen molar-refractivity contribution in [1.82, 2.24) is 5.32 Å². The molecule has 2 aromatic carbocycles. The second kappa shape index (κ2) is 8.40. The highest BCUT2D eigenvalue weighted by molar-refractivity contribution is 6.33. The summed E-state index contributed by atoms with van der Waals surface area (Å²) in [6, 6.07) is 2.77. The second-order valence-electron chi connectivity index (χ2n) is 6.16. The number of aliphatic hydroxyl groups is 1. The van der Waals surface area contributed by atoms with E-state index in [0.717, 1.165) is 12.1 Å². The Morgan fingerprint density at radius 3 is 2.62 bits per heavy atom. The first kappa shape index (κ1) is 21.1. The molecule has 1 aliphatic rings. The monoisotopic (exact) mass is 445 g/mol. The van der Waals surface area contributed by atoms with Gasteiger partial charge in [-0.3, -0.25) is 4.79 Å². The first-order chi connectivity index (χ1) is 13.7. The highest BCUT2D eigenvalue weighted by Gasteiger charge is 2.36. The van der Waals surface area contributed by atoms with Crippen LogP contribution >= 0.6 is 23.2 Å². The van der Waals surface area contributed by atoms with Crippen LogP contribution in [0.25, 0.3) is 0 Å². The fourth-order valence-corrected chi connectivity index (χ4v) is 3.43. The summed E-state index contributed by atoms with van der Waals surface area (Å²) in [5.74, 6) is -3.12. The smallest absolute Gasteiger partial charge is 0.312 e. The summed E-state index contributed by atoms with van der Waals surface area (Å²) in [6.07, 6.45) is 0.0814. The molecule has 3 amide bonds. The molecule has 0 saturated carbocycles. The number of amides is 3. The Balaban J connectivity index is 2.10. The highest BCUT2D eigenvalue weighted by atomic mass is 35.5. The number of hydrogen-bond acceptors (Lipinski definition) is 4. The predicted octanol–water partition coefficient (Wildman–Crippen LogP) is 2.98. The molecule has 0 spiro atoms. The lowest BCUT2D eigenvalue weighted by atomic mass is 9.96. The number of carbonyl (C=O) groups is 2. The third kappa shape index (κ3) is 4.21. The van der Waals surface area contributed by atoms with Crippen LogP contribution in [-0.4, -0.2) is 36.2 Å². The topological polar surface area (TPSA) is 105 Å². The SMILES string of the molecule is NC(=O)N[C@@H]1Cc2ccc(Cl)c(Oc3cc(F)c(F)cc3Cl)c2N(CCO)C1=O. The number of primary amides is 1. The van der Waals surface area contributed by atoms with E-state index in [-0.39, 0.29) is 40.2 Å². The van der Waals surface area contributed by atoms with Crippen LogP contribution in [0.15, 0.2) is 24.3 Å². The summed E-state index contributed by atoms with van der Waals surface area (Å²) in [5.41, 5.74) is 5.90. The van der Waals surface area contributed by atoms with Crippen molar-refractivity contribution in [2.45, 2.75) is 12.5 Å². The molecule has 0 aromatic heterocycles. The highest BCUT2D eigenvalue weighted by Crippen LogP contribution is 2.45. The van der Waals surface area contributed by atoms with Gasteiger partial charge in [-0.05, 0) is 17.7 Å². The number of ether oxygens (including phenoxy) is 1. The van der Waals surface area contributed by atoms with Crippen LogP contribution < -0.4 is 20.7 Å². The molecular weight excluding hydrogens is 431 g/mol. The Morgan fingerprint density at radius 1 is 1.28 bits per heavy atom. The Kier molecular flexibility index (Phi) is 6.11. The molecule has 0 saturated heterocycles. The normalized spacial score (nSPS) is 15.8. The lowest BCUT2D eigenvalue weighted by Gasteiger charge is -2.35. The van der Waals surface area contributed by atoms with Crippen LogP contribution in [0, 0.1) is 11.6 Å². The van der Waals surface area contributed by atoms with Gasteiger partial charge in [0.25, 0.3) is 0 Å². The average Bonchev–Trinajstić information content (AvgIpc) is 2.65. The summed E-state index contributed by atoms with van der Waals surface area (Å²) in [7, 11) is 0. The number of benzene rings is 2. The Bertz CT molecular complexity index is 990. The van der Waals surface area contributed by atoms with Crippen LogP contribution in [0.2, 0.25) is 10.0 Å². The fraction of sp³-hybridized carbons (Fsp3) is 0.222. The summed E-state index contributed by atoms with van der Waals surface area (Å²) >= 11 is 12.2. The molecule has 0 aliphatic carbocycles. The zero-order valence-corrected chi connectivity index (χ0v) is 16.2. The van der Waals surface area contributed by atoms with E-state index in [4.69, 9.17) is 33.7 Å². The quantitative estimate of drug-likeness (QED) is 0.615. The molecule has 1 atom stereocenters. The molecule has 2 aromatic rings. The van der Waals surface area contributed by atoms with E-state index in [2.05, 4.69) is 5.32 Å². The van der Waals surface area contributed by atoms with Crippen molar-refractivity contribution in [3.05, 3.63) is 51.5 Å². The number of fused-ring (bicyclic) bond motifs is 1. The number of hydrogen-bond donors (Lipinski definition) is 3. The van der Waals surface area contributed by atoms with Crippen LogP contribution in [0.5, 0.6) is 11.5 Å². The molecule has 154 valence electrons. The van der Waals surface area contributed by atoms with Crippen molar-refractivity contribution in [2.24, 2.45) is 5.73 Å². The first-order valence-electron chi connectivity index (χ1n) is 8.35. The first-order valence-corrected chi connectivity index (χ1v) is 9.10. The number of halogens is 4. The zero-order valence-electron chi connectivity index (χ0n) is 14.7. The lowest BCUT2D eigenvalue weighted by Crippen LogP contribution is -2.54. The maximum Gasteiger partial charge on any atom is 0.312 e. The summed E-state index contributed by atoms with van der Waals surface area (Å²) in [4.78, 5) is 25.2. The number of rotatable bonds is 5. The fourth-order valence-electron chi connectivity index (χ4n) is 3.05. The van der Waals surface area contributed by atoms with Gasteiger partial charge in [0.15, 0.2) is 17.4 Å². The standard InChI is InChI=1S/C18H15Cl2F2N3O4/c19-9-2-1-8-5-13(24-18(23)28)17(27)25(3-4-26)15(8)16(9)29-14-7-12(22)11(21)6-10(14)20/h1-2,6-7,13,26H,3-5H2,(H3,23,24,28)/t13-/m1/s1. The molecule has 3 rings (SSSR count). The number of carbonyl (C=O) groups excluding carboxylic acids is 2. The molecule has 1 heterocycles. The van der Waals surface area contributed by atoms with E-state index in [0.29, 0.717) is 5.56 Å². The van der Waals surface area contributed by atoms with E-state index in [1.807, 2.05) is 0 Å². The van der Waals surface area contributed by atoms with Crippen molar-refractivity contribution < 1.29 is 28.2 Å². The molecule has 0 fully saturated rings. The summed E-state index contributed by atoms with van der Waals surface area (Å²) in [5, 5.41) is 11.6. The molecule has 0 radical (unpaired) electrons. The van der Waals surface area contributed by atoms with Gasteiger partial charge in [-0.2, -0.15) is 0 Å². The molecular formula is C18H15Cl2F2N3O4. The number of β-amino-alcohol motifs (C(OH)–C–C–N with tert-alkyl or cyclic N) is 1. The summed E-state index contributed by atoms with van der Waals surface area (Å²) < 4.78 is 32.6. The van der Waals surface area contributed by atoms with E-state index >= 15 is 0 Å². The van der Waals surface area contributed by atoms with Crippen molar-refractivity contribution in [3.63, 3.8) is 0 Å². The van der Waals surface area contributed by atoms with Gasteiger partial charge in [-0.1, -0.05) is 29.3 Å². The van der Waals surface area contributed by atoms with Crippen LogP contribution in [0.4, 0.5) is 19.3 Å². The average molecular weight is 446 g/mol. The van der Waals surface area contributed by atoms with Gasteiger partial charge < -0.3 is 25.8 Å². The molecule has 0 bridgehead atoms. The van der Waals surface area contributed by atoms with Crippen molar-refractivity contribution in [3.8, 4) is 11.5 Å². The summed E-state index contributed by atoms with van der Waals surface area (Å²) in [6.45, 7) is -0.530. The third-order valence-corrected chi connectivity index (χ3v) is 4.85. The molecule has 29 heavy (non-hydrogen) atoms. The molecule has 7 nitrogen and oxygen atoms in total. The van der Waals surface area contributed by atoms with Crippen LogP contribution in [-0.2, 0) is 11.2 Å². The van der Waals surface area contributed by atoms with Crippen molar-refractivity contribution >= 4 is 40.8 Å². The predicted molar refractivity (Wildman–Crippen MR) is 103 cm³/mol. The number of nitrogens with zero attached hydrogens (tertiary/aromatic N) is 1. The van der Waals surface area contributed by atoms with Gasteiger partial charge in [-0.25, -0.2) is 13.6 Å². The molecule has 11 heteroatoms. The zero-order chi connectivity index (χ0) is 21.3. The van der Waals surface area contributed by atoms with Gasteiger partial charge in [0.05, 0.1) is 22.3 Å². The largest absolute Gasteiger partial charge is 0.452 e. The Morgan fingerprint density at radius 2 is 1.97 bits per heavy atom. The van der Waals surface area contributed by atoms with E-state index in [9.17, 15) is 23.5 Å². The molecule has 4 N–H and O–H groups in total. The second-order valence-corrected chi connectivity index (χ2v) is 6.98. The maximum atomic E-state index is 13.6. The molecule has 0 unspecified atom stereocenters. The van der Waals surface area contributed by atoms with E-state index in [1.165, 1.54) is 11.0 Å². The Hall–Kier alpha value is -2.62. The number of urea groups is 1. The lowest BCUT2D eigenvalue weighted by molar-refractivity contribution is -0.120. The van der Waals surface area contributed by atoms with Gasteiger partial charge in [-0.15, -0.1) is 0 Å². The van der Waals surface area contributed by atoms with Gasteiger partial charge >= 0.3 is 6.03 Å². The minimum atomic E-state index is -1.18. The number of anilines is 1. The van der Waals surface area contributed by atoms with Crippen LogP contribution in [0.1, 0.15) is 5.56 Å². The van der Waals surface area contributed by atoms with Gasteiger partial charge in [0.2, 0.25) is 5.91 Å². The number of nitrogens with one attached hydrogen (secondary N) is 1. The van der Waals surface area contributed by atoms with Gasteiger partial charge in [0, 0.05) is 19.0 Å². The van der Waals surface area contributed by atoms with Crippen molar-refractivity contribution in [1.29, 1.82) is 0 Å². The number of aliphatic hydroxyl groups excluding tert-OH is 1. The Labute approximate surface area is 173 Å². The van der Waals surface area contributed by atoms with Gasteiger partial charge in [0.1, 0.15) is 11.8 Å². The minimum absolute atomic E-state index is 0.0311. The minimum Gasteiger partial charge on any atom is -0.452 e. The van der Waals surface area contributed by atoms with E-state index < -0.39 is 36.2 Å². The van der Waals surface area contributed by atoms with E-state index in [1.54, 1.807) is 6.07 Å². The third-order valence-electron chi connectivity index (χ3n) is 4.25.